The summed E-state index contributed by atoms with van der Waals surface area (Å²) in [7, 11) is 0. The maximum absolute atomic E-state index is 11.5. The molecule has 0 aliphatic rings. The fourth-order valence-electron chi connectivity index (χ4n) is 1.35. The van der Waals surface area contributed by atoms with E-state index in [4.69, 9.17) is 10.1 Å². The van der Waals surface area contributed by atoms with Crippen LogP contribution >= 0.6 is 0 Å². The third-order valence-electron chi connectivity index (χ3n) is 2.11. The van der Waals surface area contributed by atoms with Gasteiger partial charge in [-0.1, -0.05) is 6.07 Å². The summed E-state index contributed by atoms with van der Waals surface area (Å²) in [6.45, 7) is 1.42. The second-order valence-electron chi connectivity index (χ2n) is 3.34. The molecule has 5 nitrogen and oxygen atoms in total. The lowest BCUT2D eigenvalue weighted by Crippen LogP contribution is -2.27. The second kappa shape index (κ2) is 5.85. The molecule has 0 radical (unpaired) electrons. The maximum Gasteiger partial charge on any atom is 0.302 e. The molecule has 0 saturated carbocycles. The van der Waals surface area contributed by atoms with E-state index in [1.807, 2.05) is 0 Å². The van der Waals surface area contributed by atoms with Crippen LogP contribution in [0.4, 0.5) is 0 Å². The lowest BCUT2D eigenvalue weighted by atomic mass is 10.2. The Bertz CT molecular complexity index is 425. The Hall–Kier alpha value is -1.91. The van der Waals surface area contributed by atoms with E-state index in [1.165, 1.54) is 23.8 Å². The summed E-state index contributed by atoms with van der Waals surface area (Å²) < 4.78 is 6.33. The van der Waals surface area contributed by atoms with Gasteiger partial charge in [-0.2, -0.15) is 0 Å². The molecular weight excluding hydrogens is 208 g/mol. The van der Waals surface area contributed by atoms with Crippen LogP contribution in [0, 0.1) is 5.41 Å². The zero-order chi connectivity index (χ0) is 12.0. The van der Waals surface area contributed by atoms with Crippen LogP contribution in [0.5, 0.6) is 0 Å². The first-order valence-corrected chi connectivity index (χ1v) is 4.94. The minimum Gasteiger partial charge on any atom is -0.464 e. The van der Waals surface area contributed by atoms with Crippen molar-refractivity contribution in [3.63, 3.8) is 0 Å². The van der Waals surface area contributed by atoms with Gasteiger partial charge >= 0.3 is 5.97 Å². The molecule has 1 N–H and O–H groups in total. The normalized spacial score (nSPS) is 11.8. The predicted molar refractivity (Wildman–Crippen MR) is 59.8 cm³/mol. The molecule has 1 aromatic heterocycles. The molecule has 0 bridgehead atoms. The first-order chi connectivity index (χ1) is 7.65. The van der Waals surface area contributed by atoms with Crippen LogP contribution in [0.1, 0.15) is 19.4 Å². The van der Waals surface area contributed by atoms with Gasteiger partial charge < -0.3 is 14.7 Å². The average Bonchev–Trinajstić information content (AvgIpc) is 2.25. The molecule has 1 atom stereocenters. The van der Waals surface area contributed by atoms with Crippen LogP contribution in [-0.4, -0.2) is 23.4 Å². The summed E-state index contributed by atoms with van der Waals surface area (Å²) in [6, 6.07) is 4.50. The highest BCUT2D eigenvalue weighted by atomic mass is 16.5. The van der Waals surface area contributed by atoms with E-state index in [0.717, 1.165) is 0 Å². The van der Waals surface area contributed by atoms with Crippen LogP contribution in [0.3, 0.4) is 0 Å². The second-order valence-corrected chi connectivity index (χ2v) is 3.34. The fraction of sp³-hybridized carbons (Fsp3) is 0.364. The van der Waals surface area contributed by atoms with E-state index in [9.17, 15) is 9.59 Å². The van der Waals surface area contributed by atoms with Gasteiger partial charge in [0, 0.05) is 25.6 Å². The molecule has 0 aromatic carbocycles. The Morgan fingerprint density at radius 1 is 1.62 bits per heavy atom. The number of esters is 1. The highest BCUT2D eigenvalue weighted by Crippen LogP contribution is 2.07. The zero-order valence-corrected chi connectivity index (χ0v) is 9.05. The third-order valence-corrected chi connectivity index (χ3v) is 2.11. The van der Waals surface area contributed by atoms with Crippen molar-refractivity contribution in [1.29, 1.82) is 5.41 Å². The Labute approximate surface area is 93.2 Å². The molecule has 0 aliphatic carbocycles. The van der Waals surface area contributed by atoms with E-state index in [-0.39, 0.29) is 24.2 Å². The standard InChI is InChI=1S/C11H14N2O3/c1-9(14)16-8-10(5-6-12)13-7-3-2-4-11(13)15/h2-4,6-7,10,12H,5,8H2,1H3. The lowest BCUT2D eigenvalue weighted by Gasteiger charge is -2.17. The van der Waals surface area contributed by atoms with Gasteiger partial charge in [0.25, 0.3) is 5.56 Å². The molecule has 0 aliphatic heterocycles. The average molecular weight is 222 g/mol. The molecule has 16 heavy (non-hydrogen) atoms. The smallest absolute Gasteiger partial charge is 0.302 e. The van der Waals surface area contributed by atoms with Crippen LogP contribution < -0.4 is 5.56 Å². The Kier molecular flexibility index (Phi) is 4.44. The number of rotatable bonds is 5. The summed E-state index contributed by atoms with van der Waals surface area (Å²) >= 11 is 0. The van der Waals surface area contributed by atoms with Crippen LogP contribution in [0.2, 0.25) is 0 Å². The van der Waals surface area contributed by atoms with E-state index in [1.54, 1.807) is 18.3 Å². The van der Waals surface area contributed by atoms with Crippen LogP contribution in [0.25, 0.3) is 0 Å². The molecule has 0 amide bonds. The number of pyridine rings is 1. The van der Waals surface area contributed by atoms with Crippen molar-refractivity contribution >= 4 is 12.2 Å². The molecule has 86 valence electrons. The first-order valence-electron chi connectivity index (χ1n) is 4.94. The molecule has 5 heteroatoms. The third kappa shape index (κ3) is 3.34. The summed E-state index contributed by atoms with van der Waals surface area (Å²) in [6.07, 6.45) is 3.19. The highest BCUT2D eigenvalue weighted by molar-refractivity contribution is 5.66. The molecule has 1 aromatic rings. The van der Waals surface area contributed by atoms with Gasteiger partial charge in [0.1, 0.15) is 6.61 Å². The molecule has 0 fully saturated rings. The minimum absolute atomic E-state index is 0.106. The van der Waals surface area contributed by atoms with Crippen LogP contribution in [0.15, 0.2) is 29.2 Å². The van der Waals surface area contributed by atoms with Gasteiger partial charge in [-0.3, -0.25) is 9.59 Å². The largest absolute Gasteiger partial charge is 0.464 e. The lowest BCUT2D eigenvalue weighted by molar-refractivity contribution is -0.142. The number of nitrogens with one attached hydrogen (secondary N) is 1. The zero-order valence-electron chi connectivity index (χ0n) is 9.05. The van der Waals surface area contributed by atoms with Crippen molar-refractivity contribution in [2.75, 3.05) is 6.61 Å². The molecule has 1 unspecified atom stereocenters. The van der Waals surface area contributed by atoms with E-state index in [0.29, 0.717) is 6.42 Å². The van der Waals surface area contributed by atoms with Crippen molar-refractivity contribution in [2.24, 2.45) is 0 Å². The molecular formula is C11H14N2O3. The molecule has 0 saturated heterocycles. The van der Waals surface area contributed by atoms with Crippen molar-refractivity contribution in [1.82, 2.24) is 4.57 Å². The molecule has 1 heterocycles. The van der Waals surface area contributed by atoms with Crippen molar-refractivity contribution < 1.29 is 9.53 Å². The SMILES string of the molecule is CC(=O)OCC(CC=N)n1ccccc1=O. The fourth-order valence-corrected chi connectivity index (χ4v) is 1.35. The van der Waals surface area contributed by atoms with E-state index < -0.39 is 0 Å². The van der Waals surface area contributed by atoms with E-state index in [2.05, 4.69) is 0 Å². The Balaban J connectivity index is 2.84. The number of carbonyl (C=O) groups is 1. The number of ether oxygens (including phenoxy) is 1. The Morgan fingerprint density at radius 2 is 2.38 bits per heavy atom. The van der Waals surface area contributed by atoms with Crippen molar-refractivity contribution in [3.05, 3.63) is 34.7 Å². The number of nitrogens with zero attached hydrogens (tertiary/aromatic N) is 1. The number of aromatic nitrogens is 1. The van der Waals surface area contributed by atoms with Gasteiger partial charge in [-0.25, -0.2) is 0 Å². The summed E-state index contributed by atoms with van der Waals surface area (Å²) in [5, 5.41) is 7.06. The van der Waals surface area contributed by atoms with Gasteiger partial charge in [-0.15, -0.1) is 0 Å². The highest BCUT2D eigenvalue weighted by Gasteiger charge is 2.12. The van der Waals surface area contributed by atoms with Gasteiger partial charge in [-0.05, 0) is 12.3 Å². The van der Waals surface area contributed by atoms with E-state index >= 15 is 0 Å². The Morgan fingerprint density at radius 3 is 2.94 bits per heavy atom. The maximum atomic E-state index is 11.5. The molecule has 0 spiro atoms. The summed E-state index contributed by atoms with van der Waals surface area (Å²) in [4.78, 5) is 22.2. The van der Waals surface area contributed by atoms with Crippen LogP contribution in [-0.2, 0) is 9.53 Å². The minimum atomic E-state index is -0.390. The number of carbonyl (C=O) groups excluding carboxylic acids is 1. The monoisotopic (exact) mass is 222 g/mol. The van der Waals surface area contributed by atoms with Gasteiger partial charge in [0.15, 0.2) is 0 Å². The van der Waals surface area contributed by atoms with Crippen molar-refractivity contribution in [2.45, 2.75) is 19.4 Å². The summed E-state index contributed by atoms with van der Waals surface area (Å²) in [5.41, 5.74) is -0.165. The number of hydrogen-bond donors (Lipinski definition) is 1. The predicted octanol–water partition coefficient (Wildman–Crippen LogP) is 0.992. The van der Waals surface area contributed by atoms with Gasteiger partial charge in [0.05, 0.1) is 6.04 Å². The summed E-state index contributed by atoms with van der Waals surface area (Å²) in [5.74, 6) is -0.390. The number of hydrogen-bond acceptors (Lipinski definition) is 4. The van der Waals surface area contributed by atoms with Gasteiger partial charge in [0.2, 0.25) is 0 Å². The topological polar surface area (TPSA) is 72.2 Å². The molecule has 1 rings (SSSR count). The van der Waals surface area contributed by atoms with Crippen molar-refractivity contribution in [3.8, 4) is 0 Å². The first kappa shape index (κ1) is 12.2. The quantitative estimate of drug-likeness (QED) is 0.596.